The van der Waals surface area contributed by atoms with Crippen LogP contribution in [0, 0.1) is 0 Å². The molecule has 2 rings (SSSR count). The van der Waals surface area contributed by atoms with Crippen molar-refractivity contribution < 1.29 is 4.74 Å². The van der Waals surface area contributed by atoms with Crippen molar-refractivity contribution in [3.63, 3.8) is 0 Å². The van der Waals surface area contributed by atoms with Crippen molar-refractivity contribution in [2.45, 2.75) is 20.0 Å². The Bertz CT molecular complexity index is 528. The van der Waals surface area contributed by atoms with Gasteiger partial charge in [-0.2, -0.15) is 0 Å². The molecule has 3 heteroatoms. The molecule has 1 N–H and O–H groups in total. The predicted octanol–water partition coefficient (Wildman–Crippen LogP) is 2.32. The average molecular weight is 203 g/mol. The van der Waals surface area contributed by atoms with Crippen LogP contribution in [0.4, 0.5) is 0 Å². The molecular formula is C12H13NO2. The molecule has 0 aliphatic rings. The van der Waals surface area contributed by atoms with Crippen LogP contribution in [-0.4, -0.2) is 11.1 Å². The zero-order valence-electron chi connectivity index (χ0n) is 8.78. The van der Waals surface area contributed by atoms with Crippen LogP contribution < -0.4 is 10.3 Å². The Morgan fingerprint density at radius 2 is 1.93 bits per heavy atom. The van der Waals surface area contributed by atoms with Gasteiger partial charge in [-0.25, -0.2) is 0 Å². The van der Waals surface area contributed by atoms with Gasteiger partial charge in [0.15, 0.2) is 0 Å². The Morgan fingerprint density at radius 3 is 2.67 bits per heavy atom. The first-order valence-electron chi connectivity index (χ1n) is 4.95. The van der Waals surface area contributed by atoms with Crippen LogP contribution in [0.2, 0.25) is 0 Å². The van der Waals surface area contributed by atoms with E-state index in [2.05, 4.69) is 4.98 Å². The van der Waals surface area contributed by atoms with Gasteiger partial charge in [0.25, 0.3) is 0 Å². The molecule has 0 unspecified atom stereocenters. The molecule has 0 aliphatic carbocycles. The fourth-order valence-corrected chi connectivity index (χ4v) is 1.47. The second-order valence-electron chi connectivity index (χ2n) is 3.74. The summed E-state index contributed by atoms with van der Waals surface area (Å²) in [5.41, 5.74) is 0.713. The van der Waals surface area contributed by atoms with E-state index >= 15 is 0 Å². The number of aromatic amines is 1. The molecule has 0 saturated heterocycles. The number of H-pyrrole nitrogens is 1. The van der Waals surface area contributed by atoms with Crippen molar-refractivity contribution in [2.24, 2.45) is 0 Å². The zero-order chi connectivity index (χ0) is 10.8. The Balaban J connectivity index is 2.49. The summed E-state index contributed by atoms with van der Waals surface area (Å²) < 4.78 is 5.54. The lowest BCUT2D eigenvalue weighted by Crippen LogP contribution is -2.06. The van der Waals surface area contributed by atoms with Crippen molar-refractivity contribution in [2.75, 3.05) is 0 Å². The van der Waals surface area contributed by atoms with Crippen LogP contribution in [0.25, 0.3) is 10.9 Å². The molecule has 0 fully saturated rings. The van der Waals surface area contributed by atoms with Crippen LogP contribution >= 0.6 is 0 Å². The Hall–Kier alpha value is -1.77. The van der Waals surface area contributed by atoms with Crippen molar-refractivity contribution in [3.8, 4) is 5.75 Å². The topological polar surface area (TPSA) is 42.1 Å². The fourth-order valence-electron chi connectivity index (χ4n) is 1.47. The second-order valence-corrected chi connectivity index (χ2v) is 3.74. The molecule has 0 aliphatic heterocycles. The van der Waals surface area contributed by atoms with Gasteiger partial charge in [-0.05, 0) is 37.4 Å². The van der Waals surface area contributed by atoms with Crippen LogP contribution in [0.15, 0.2) is 35.1 Å². The minimum absolute atomic E-state index is 0.0933. The van der Waals surface area contributed by atoms with Gasteiger partial charge in [0.05, 0.1) is 11.6 Å². The molecule has 78 valence electrons. The maximum atomic E-state index is 11.1. The van der Waals surface area contributed by atoms with Crippen molar-refractivity contribution in [1.29, 1.82) is 0 Å². The minimum Gasteiger partial charge on any atom is -0.491 e. The summed E-state index contributed by atoms with van der Waals surface area (Å²) in [5, 5.41) is 1.01. The second kappa shape index (κ2) is 3.77. The number of benzene rings is 1. The summed E-state index contributed by atoms with van der Waals surface area (Å²) in [4.78, 5) is 13.9. The standard InChI is InChI=1S/C12H13NO2/c1-8(2)15-10-5-3-9-4-6-12(14)13-11(9)7-10/h3-8H,1-2H3,(H,13,14). The lowest BCUT2D eigenvalue weighted by atomic mass is 10.2. The normalized spacial score (nSPS) is 10.9. The van der Waals surface area contributed by atoms with E-state index < -0.39 is 0 Å². The van der Waals surface area contributed by atoms with Gasteiger partial charge < -0.3 is 9.72 Å². The van der Waals surface area contributed by atoms with E-state index in [1.807, 2.05) is 32.0 Å². The van der Waals surface area contributed by atoms with Gasteiger partial charge in [0.1, 0.15) is 5.75 Å². The van der Waals surface area contributed by atoms with Crippen LogP contribution in [-0.2, 0) is 0 Å². The molecule has 0 amide bonds. The van der Waals surface area contributed by atoms with Gasteiger partial charge in [-0.1, -0.05) is 0 Å². The number of fused-ring (bicyclic) bond motifs is 1. The van der Waals surface area contributed by atoms with E-state index in [9.17, 15) is 4.79 Å². The maximum Gasteiger partial charge on any atom is 0.248 e. The summed E-state index contributed by atoms with van der Waals surface area (Å²) in [5.74, 6) is 0.777. The summed E-state index contributed by atoms with van der Waals surface area (Å²) in [6, 6.07) is 9.00. The molecule has 1 heterocycles. The number of pyridine rings is 1. The number of nitrogens with one attached hydrogen (secondary N) is 1. The van der Waals surface area contributed by atoms with Gasteiger partial charge in [-0.3, -0.25) is 4.79 Å². The van der Waals surface area contributed by atoms with E-state index in [0.29, 0.717) is 0 Å². The van der Waals surface area contributed by atoms with Crippen molar-refractivity contribution in [1.82, 2.24) is 4.98 Å². The first-order valence-corrected chi connectivity index (χ1v) is 4.95. The third-order valence-electron chi connectivity index (χ3n) is 2.07. The highest BCUT2D eigenvalue weighted by atomic mass is 16.5. The van der Waals surface area contributed by atoms with E-state index in [1.165, 1.54) is 6.07 Å². The number of rotatable bonds is 2. The van der Waals surface area contributed by atoms with Gasteiger partial charge >= 0.3 is 0 Å². The van der Waals surface area contributed by atoms with Gasteiger partial charge in [-0.15, -0.1) is 0 Å². The quantitative estimate of drug-likeness (QED) is 0.813. The number of ether oxygens (including phenoxy) is 1. The minimum atomic E-state index is -0.0933. The molecule has 1 aromatic heterocycles. The van der Waals surface area contributed by atoms with Crippen molar-refractivity contribution in [3.05, 3.63) is 40.7 Å². The van der Waals surface area contributed by atoms with Crippen LogP contribution in [0.5, 0.6) is 5.75 Å². The van der Waals surface area contributed by atoms with E-state index in [4.69, 9.17) is 4.74 Å². The first kappa shape index (κ1) is 9.77. The summed E-state index contributed by atoms with van der Waals surface area (Å²) in [7, 11) is 0. The average Bonchev–Trinajstić information content (AvgIpc) is 2.16. The molecule has 0 radical (unpaired) electrons. The molecule has 1 aromatic carbocycles. The van der Waals surface area contributed by atoms with E-state index in [1.54, 1.807) is 6.07 Å². The molecule has 0 saturated carbocycles. The molecule has 0 spiro atoms. The van der Waals surface area contributed by atoms with Gasteiger partial charge in [0.2, 0.25) is 5.56 Å². The van der Waals surface area contributed by atoms with Gasteiger partial charge in [0, 0.05) is 12.1 Å². The lowest BCUT2D eigenvalue weighted by Gasteiger charge is -2.09. The lowest BCUT2D eigenvalue weighted by molar-refractivity contribution is 0.242. The molecule has 0 atom stereocenters. The highest BCUT2D eigenvalue weighted by Gasteiger charge is 2.00. The molecule has 0 bridgehead atoms. The molecule has 15 heavy (non-hydrogen) atoms. The first-order chi connectivity index (χ1) is 7.15. The highest BCUT2D eigenvalue weighted by Crippen LogP contribution is 2.18. The largest absolute Gasteiger partial charge is 0.491 e. The monoisotopic (exact) mass is 203 g/mol. The third kappa shape index (κ3) is 2.18. The number of hydrogen-bond acceptors (Lipinski definition) is 2. The Kier molecular flexibility index (Phi) is 2.46. The van der Waals surface area contributed by atoms with E-state index in [-0.39, 0.29) is 11.7 Å². The number of aromatic nitrogens is 1. The zero-order valence-corrected chi connectivity index (χ0v) is 8.78. The molecular weight excluding hydrogens is 190 g/mol. The number of hydrogen-bond donors (Lipinski definition) is 1. The maximum absolute atomic E-state index is 11.1. The predicted molar refractivity (Wildman–Crippen MR) is 60.3 cm³/mol. The Labute approximate surface area is 87.7 Å². The molecule has 2 aromatic rings. The summed E-state index contributed by atoms with van der Waals surface area (Å²) in [6.45, 7) is 3.94. The third-order valence-corrected chi connectivity index (χ3v) is 2.07. The highest BCUT2D eigenvalue weighted by molar-refractivity contribution is 5.79. The fraction of sp³-hybridized carbons (Fsp3) is 0.250. The van der Waals surface area contributed by atoms with Crippen LogP contribution in [0.3, 0.4) is 0 Å². The summed E-state index contributed by atoms with van der Waals surface area (Å²) in [6.07, 6.45) is 0.137. The van der Waals surface area contributed by atoms with Crippen LogP contribution in [0.1, 0.15) is 13.8 Å². The molecule has 3 nitrogen and oxygen atoms in total. The van der Waals surface area contributed by atoms with E-state index in [0.717, 1.165) is 16.7 Å². The summed E-state index contributed by atoms with van der Waals surface area (Å²) >= 11 is 0. The smallest absolute Gasteiger partial charge is 0.248 e. The van der Waals surface area contributed by atoms with Crippen molar-refractivity contribution >= 4 is 10.9 Å². The Morgan fingerprint density at radius 1 is 1.20 bits per heavy atom. The SMILES string of the molecule is CC(C)Oc1ccc2ccc(=O)[nH]c2c1.